The fraction of sp³-hybridized carbons (Fsp3) is 0.192. The van der Waals surface area contributed by atoms with Crippen LogP contribution in [0.25, 0.3) is 11.8 Å². The summed E-state index contributed by atoms with van der Waals surface area (Å²) in [6.45, 7) is 5.45. The predicted octanol–water partition coefficient (Wildman–Crippen LogP) is 4.60. The van der Waals surface area contributed by atoms with Gasteiger partial charge in [-0.2, -0.15) is 0 Å². The van der Waals surface area contributed by atoms with Gasteiger partial charge in [0.25, 0.3) is 5.91 Å². The maximum absolute atomic E-state index is 12.9. The number of amides is 4. The second-order valence-corrected chi connectivity index (χ2v) is 8.66. The minimum atomic E-state index is -0.657. The van der Waals surface area contributed by atoms with Crippen molar-refractivity contribution in [3.63, 3.8) is 0 Å². The zero-order valence-corrected chi connectivity index (χ0v) is 20.6. The average Bonchev–Trinajstić information content (AvgIpc) is 3.24. The van der Waals surface area contributed by atoms with Crippen molar-refractivity contribution < 1.29 is 19.1 Å². The number of anilines is 1. The lowest BCUT2D eigenvalue weighted by molar-refractivity contribution is -0.127. The molecular weight excluding hydrogens is 468 g/mol. The number of halogens is 1. The van der Waals surface area contributed by atoms with E-state index in [4.69, 9.17) is 16.3 Å². The molecule has 2 N–H and O–H groups in total. The van der Waals surface area contributed by atoms with Crippen molar-refractivity contribution in [1.29, 1.82) is 0 Å². The number of carbonyl (C=O) groups excluding carboxylic acids is 3. The first-order valence-corrected chi connectivity index (χ1v) is 11.3. The molecule has 9 heteroatoms. The zero-order chi connectivity index (χ0) is 25.3. The highest BCUT2D eigenvalue weighted by atomic mass is 35.5. The Balaban J connectivity index is 1.55. The van der Waals surface area contributed by atoms with E-state index in [1.165, 1.54) is 7.11 Å². The van der Waals surface area contributed by atoms with Gasteiger partial charge >= 0.3 is 6.03 Å². The molecule has 0 bridgehead atoms. The van der Waals surface area contributed by atoms with Gasteiger partial charge in [-0.1, -0.05) is 29.8 Å². The van der Waals surface area contributed by atoms with Gasteiger partial charge in [0.15, 0.2) is 0 Å². The third-order valence-electron chi connectivity index (χ3n) is 5.83. The van der Waals surface area contributed by atoms with Crippen molar-refractivity contribution in [2.24, 2.45) is 0 Å². The number of aromatic nitrogens is 1. The molecule has 0 spiro atoms. The Hall–Kier alpha value is -4.04. The van der Waals surface area contributed by atoms with Gasteiger partial charge < -0.3 is 19.9 Å². The number of ether oxygens (including phenoxy) is 1. The Morgan fingerprint density at radius 3 is 2.60 bits per heavy atom. The van der Waals surface area contributed by atoms with Crippen molar-refractivity contribution in [2.45, 2.75) is 20.8 Å². The van der Waals surface area contributed by atoms with Crippen LogP contribution in [0.1, 0.15) is 22.5 Å². The summed E-state index contributed by atoms with van der Waals surface area (Å²) in [5.74, 6) is -0.619. The van der Waals surface area contributed by atoms with Crippen LogP contribution < -0.4 is 15.4 Å². The van der Waals surface area contributed by atoms with Crippen LogP contribution in [0.15, 0.2) is 54.2 Å². The van der Waals surface area contributed by atoms with E-state index in [1.54, 1.807) is 30.3 Å². The molecule has 1 aliphatic heterocycles. The smallest absolute Gasteiger partial charge is 0.329 e. The Morgan fingerprint density at radius 2 is 1.86 bits per heavy atom. The Bertz CT molecular complexity index is 1380. The van der Waals surface area contributed by atoms with E-state index < -0.39 is 24.4 Å². The number of hydrogen-bond acceptors (Lipinski definition) is 4. The molecule has 0 atom stereocenters. The quantitative estimate of drug-likeness (QED) is 0.388. The lowest BCUT2D eigenvalue weighted by Crippen LogP contribution is -2.38. The Kier molecular flexibility index (Phi) is 6.66. The molecule has 0 aliphatic carbocycles. The molecule has 4 rings (SSSR count). The van der Waals surface area contributed by atoms with Gasteiger partial charge in [-0.15, -0.1) is 0 Å². The highest BCUT2D eigenvalue weighted by molar-refractivity contribution is 6.30. The first-order valence-electron chi connectivity index (χ1n) is 10.9. The van der Waals surface area contributed by atoms with Gasteiger partial charge in [-0.3, -0.25) is 9.59 Å². The van der Waals surface area contributed by atoms with E-state index >= 15 is 0 Å². The van der Waals surface area contributed by atoms with E-state index in [1.807, 2.05) is 49.6 Å². The molecule has 1 aliphatic rings. The van der Waals surface area contributed by atoms with E-state index in [0.29, 0.717) is 16.5 Å². The standard InChI is InChI=1S/C26H25ClN4O4/c1-15-9-10-19(27)13-22(15)31-16(2)11-18(17(31)3)12-21-25(33)30(26(34)29-21)14-24(32)28-20-7-5-6-8-23(20)35-4/h5-13H,14H2,1-4H3,(H,28,32)(H,29,34)/b21-12+. The van der Waals surface area contributed by atoms with Crippen LogP contribution in [0, 0.1) is 20.8 Å². The van der Waals surface area contributed by atoms with Gasteiger partial charge in [0, 0.05) is 22.1 Å². The van der Waals surface area contributed by atoms with E-state index in [0.717, 1.165) is 33.1 Å². The third-order valence-corrected chi connectivity index (χ3v) is 6.06. The number of benzene rings is 2. The number of imide groups is 1. The molecule has 0 radical (unpaired) electrons. The van der Waals surface area contributed by atoms with Gasteiger partial charge in [-0.25, -0.2) is 9.69 Å². The van der Waals surface area contributed by atoms with Crippen LogP contribution in [0.2, 0.25) is 5.02 Å². The summed E-state index contributed by atoms with van der Waals surface area (Å²) in [7, 11) is 1.49. The second kappa shape index (κ2) is 9.68. The number of nitrogens with zero attached hydrogens (tertiary/aromatic N) is 2. The number of carbonyl (C=O) groups is 3. The molecule has 2 aromatic carbocycles. The Morgan fingerprint density at radius 1 is 1.11 bits per heavy atom. The number of urea groups is 1. The number of nitrogens with one attached hydrogen (secondary N) is 2. The molecule has 35 heavy (non-hydrogen) atoms. The number of hydrogen-bond donors (Lipinski definition) is 2. The van der Waals surface area contributed by atoms with Crippen molar-refractivity contribution >= 4 is 41.2 Å². The van der Waals surface area contributed by atoms with Gasteiger partial charge in [0.05, 0.1) is 12.8 Å². The van der Waals surface area contributed by atoms with E-state index in [2.05, 4.69) is 10.6 Å². The summed E-state index contributed by atoms with van der Waals surface area (Å²) in [4.78, 5) is 38.8. The maximum Gasteiger partial charge on any atom is 0.329 e. The molecule has 1 saturated heterocycles. The van der Waals surface area contributed by atoms with Gasteiger partial charge in [0.2, 0.25) is 5.91 Å². The Labute approximate surface area is 208 Å². The zero-order valence-electron chi connectivity index (χ0n) is 19.8. The van der Waals surface area contributed by atoms with Crippen LogP contribution in [0.4, 0.5) is 10.5 Å². The summed E-state index contributed by atoms with van der Waals surface area (Å²) >= 11 is 6.21. The van der Waals surface area contributed by atoms with Crippen molar-refractivity contribution in [1.82, 2.24) is 14.8 Å². The topological polar surface area (TPSA) is 92.7 Å². The van der Waals surface area contributed by atoms with Crippen molar-refractivity contribution in [3.8, 4) is 11.4 Å². The lowest BCUT2D eigenvalue weighted by atomic mass is 10.2. The third kappa shape index (κ3) is 4.79. The minimum absolute atomic E-state index is 0.100. The van der Waals surface area contributed by atoms with Crippen LogP contribution in [0.3, 0.4) is 0 Å². The number of rotatable bonds is 6. The molecular formula is C26H25ClN4O4. The van der Waals surface area contributed by atoms with Crippen molar-refractivity contribution in [3.05, 3.63) is 81.8 Å². The highest BCUT2D eigenvalue weighted by Gasteiger charge is 2.35. The molecule has 3 aromatic rings. The van der Waals surface area contributed by atoms with E-state index in [9.17, 15) is 14.4 Å². The summed E-state index contributed by atoms with van der Waals surface area (Å²) in [5.41, 5.74) is 5.14. The van der Waals surface area contributed by atoms with Crippen LogP contribution in [-0.4, -0.2) is 41.0 Å². The minimum Gasteiger partial charge on any atom is -0.495 e. The first-order chi connectivity index (χ1) is 16.7. The van der Waals surface area contributed by atoms with Gasteiger partial charge in [-0.05, 0) is 68.3 Å². The molecule has 2 heterocycles. The number of aryl methyl sites for hydroxylation is 2. The van der Waals surface area contributed by atoms with Crippen LogP contribution >= 0.6 is 11.6 Å². The summed E-state index contributed by atoms with van der Waals surface area (Å²) in [5, 5.41) is 5.87. The molecule has 8 nitrogen and oxygen atoms in total. The fourth-order valence-electron chi connectivity index (χ4n) is 4.08. The average molecular weight is 493 g/mol. The normalized spacial score (nSPS) is 14.4. The molecule has 0 saturated carbocycles. The SMILES string of the molecule is COc1ccccc1NC(=O)CN1C(=O)N/C(=C/c2cc(C)n(-c3cc(Cl)ccc3C)c2C)C1=O. The molecule has 1 fully saturated rings. The summed E-state index contributed by atoms with van der Waals surface area (Å²) in [6, 6.07) is 13.8. The first kappa shape index (κ1) is 24.1. The largest absolute Gasteiger partial charge is 0.495 e. The number of para-hydroxylation sites is 2. The highest BCUT2D eigenvalue weighted by Crippen LogP contribution is 2.28. The van der Waals surface area contributed by atoms with Crippen LogP contribution in [0.5, 0.6) is 5.75 Å². The second-order valence-electron chi connectivity index (χ2n) is 8.22. The van der Waals surface area contributed by atoms with Gasteiger partial charge in [0.1, 0.15) is 18.0 Å². The van der Waals surface area contributed by atoms with Crippen molar-refractivity contribution in [2.75, 3.05) is 19.0 Å². The number of methoxy groups -OCH3 is 1. The maximum atomic E-state index is 12.9. The molecule has 4 amide bonds. The van der Waals surface area contributed by atoms with E-state index in [-0.39, 0.29) is 5.70 Å². The molecule has 180 valence electrons. The monoisotopic (exact) mass is 492 g/mol. The predicted molar refractivity (Wildman–Crippen MR) is 135 cm³/mol. The summed E-state index contributed by atoms with van der Waals surface area (Å²) < 4.78 is 7.27. The molecule has 0 unspecified atom stereocenters. The lowest BCUT2D eigenvalue weighted by Gasteiger charge is -2.13. The fourth-order valence-corrected chi connectivity index (χ4v) is 4.25. The van der Waals surface area contributed by atoms with Crippen LogP contribution in [-0.2, 0) is 9.59 Å². The summed E-state index contributed by atoms with van der Waals surface area (Å²) in [6.07, 6.45) is 1.62. The molecule has 1 aromatic heterocycles.